The summed E-state index contributed by atoms with van der Waals surface area (Å²) < 4.78 is 0. The first-order valence-electron chi connectivity index (χ1n) is 12.3. The molecule has 4 unspecified atom stereocenters. The molecular weight excluding hydrogens is 510 g/mol. The highest BCUT2D eigenvalue weighted by Gasteiger charge is 2.31. The molecule has 2 aromatic rings. The van der Waals surface area contributed by atoms with Crippen molar-refractivity contribution in [3.8, 4) is 5.75 Å². The van der Waals surface area contributed by atoms with Gasteiger partial charge in [0.2, 0.25) is 23.6 Å². The molecule has 2 rings (SSSR count). The Morgan fingerprint density at radius 2 is 1.51 bits per heavy atom. The Kier molecular flexibility index (Phi) is 11.4. The number of carboxylic acids is 1. The summed E-state index contributed by atoms with van der Waals surface area (Å²) in [6.45, 7) is 3.73. The second kappa shape index (κ2) is 14.5. The molecule has 4 atom stereocenters. The number of aromatic hydroxyl groups is 1. The number of nitrogens with two attached hydrogens (primary N) is 2. The largest absolute Gasteiger partial charge is 0.508 e. The van der Waals surface area contributed by atoms with E-state index in [0.29, 0.717) is 17.7 Å². The van der Waals surface area contributed by atoms with Gasteiger partial charge in [-0.1, -0.05) is 26.0 Å². The number of phenolic OH excluding ortho intramolecular Hbond substituents is 1. The highest BCUT2D eigenvalue weighted by Crippen LogP contribution is 2.12. The molecule has 10 N–H and O–H groups in total. The van der Waals surface area contributed by atoms with Crippen LogP contribution in [0.25, 0.3) is 0 Å². The number of amides is 4. The van der Waals surface area contributed by atoms with Crippen LogP contribution in [-0.2, 0) is 36.8 Å². The van der Waals surface area contributed by atoms with Crippen molar-refractivity contribution in [2.75, 3.05) is 0 Å². The number of aromatic nitrogens is 2. The van der Waals surface area contributed by atoms with Crippen molar-refractivity contribution in [1.29, 1.82) is 0 Å². The molecule has 0 saturated heterocycles. The Balaban J connectivity index is 2.26. The fourth-order valence-electron chi connectivity index (χ4n) is 3.74. The number of phenols is 1. The van der Waals surface area contributed by atoms with Gasteiger partial charge in [-0.3, -0.25) is 19.2 Å². The topological polar surface area (TPSA) is 243 Å². The van der Waals surface area contributed by atoms with Crippen LogP contribution in [0.15, 0.2) is 36.8 Å². The third kappa shape index (κ3) is 10.4. The molecule has 0 aliphatic rings. The van der Waals surface area contributed by atoms with Crippen molar-refractivity contribution >= 4 is 29.6 Å². The maximum absolute atomic E-state index is 13.2. The lowest BCUT2D eigenvalue weighted by molar-refractivity contribution is -0.142. The Hall–Kier alpha value is -4.46. The minimum atomic E-state index is -1.43. The van der Waals surface area contributed by atoms with Gasteiger partial charge in [0.1, 0.15) is 23.9 Å². The van der Waals surface area contributed by atoms with E-state index in [1.54, 1.807) is 0 Å². The number of carbonyl (C=O) groups excluding carboxylic acids is 4. The number of carboxylic acid groups (broad SMARTS) is 1. The van der Waals surface area contributed by atoms with Crippen molar-refractivity contribution in [3.63, 3.8) is 0 Å². The highest BCUT2D eigenvalue weighted by molar-refractivity contribution is 5.96. The van der Waals surface area contributed by atoms with Gasteiger partial charge in [-0.15, -0.1) is 0 Å². The van der Waals surface area contributed by atoms with Gasteiger partial charge in [0.25, 0.3) is 0 Å². The molecule has 0 aliphatic heterocycles. The number of primary amides is 1. The summed E-state index contributed by atoms with van der Waals surface area (Å²) in [5.41, 5.74) is 12.2. The zero-order valence-electron chi connectivity index (χ0n) is 21.7. The molecule has 0 aliphatic carbocycles. The van der Waals surface area contributed by atoms with E-state index in [1.807, 2.05) is 13.8 Å². The van der Waals surface area contributed by atoms with Gasteiger partial charge in [-0.25, -0.2) is 9.78 Å². The second-order valence-corrected chi connectivity index (χ2v) is 9.58. The van der Waals surface area contributed by atoms with E-state index in [9.17, 15) is 34.2 Å². The number of imidazole rings is 1. The van der Waals surface area contributed by atoms with E-state index < -0.39 is 60.2 Å². The van der Waals surface area contributed by atoms with Crippen LogP contribution in [-0.4, -0.2) is 73.9 Å². The van der Waals surface area contributed by atoms with Crippen molar-refractivity contribution in [3.05, 3.63) is 48.0 Å². The van der Waals surface area contributed by atoms with Gasteiger partial charge >= 0.3 is 5.97 Å². The maximum atomic E-state index is 13.2. The monoisotopic (exact) mass is 545 g/mol. The van der Waals surface area contributed by atoms with E-state index in [-0.39, 0.29) is 24.5 Å². The lowest BCUT2D eigenvalue weighted by Gasteiger charge is -2.25. The summed E-state index contributed by atoms with van der Waals surface area (Å²) in [6.07, 6.45) is 2.35. The molecule has 14 heteroatoms. The van der Waals surface area contributed by atoms with Gasteiger partial charge < -0.3 is 42.6 Å². The Bertz CT molecular complexity index is 1140. The van der Waals surface area contributed by atoms with Crippen molar-refractivity contribution in [2.45, 2.75) is 63.7 Å². The van der Waals surface area contributed by atoms with Crippen LogP contribution >= 0.6 is 0 Å². The number of benzene rings is 1. The highest BCUT2D eigenvalue weighted by atomic mass is 16.4. The van der Waals surface area contributed by atoms with Crippen LogP contribution in [0.2, 0.25) is 0 Å². The van der Waals surface area contributed by atoms with Gasteiger partial charge in [-0.2, -0.15) is 0 Å². The smallest absolute Gasteiger partial charge is 0.326 e. The number of nitrogens with zero attached hydrogens (tertiary/aromatic N) is 1. The quantitative estimate of drug-likeness (QED) is 0.132. The minimum absolute atomic E-state index is 0.0174. The van der Waals surface area contributed by atoms with Crippen molar-refractivity contribution in [1.82, 2.24) is 25.9 Å². The van der Waals surface area contributed by atoms with E-state index >= 15 is 0 Å². The Morgan fingerprint density at radius 1 is 0.923 bits per heavy atom. The molecule has 1 aromatic heterocycles. The molecule has 212 valence electrons. The molecule has 0 spiro atoms. The van der Waals surface area contributed by atoms with Crippen LogP contribution in [0.4, 0.5) is 0 Å². The molecule has 39 heavy (non-hydrogen) atoms. The Morgan fingerprint density at radius 3 is 2.05 bits per heavy atom. The summed E-state index contributed by atoms with van der Waals surface area (Å²) in [4.78, 5) is 69.0. The first-order chi connectivity index (χ1) is 18.3. The van der Waals surface area contributed by atoms with Gasteiger partial charge in [0.05, 0.1) is 18.8 Å². The number of hydrogen-bond donors (Lipinski definition) is 8. The first-order valence-corrected chi connectivity index (χ1v) is 12.3. The summed E-state index contributed by atoms with van der Waals surface area (Å²) in [5.74, 6) is -4.51. The van der Waals surface area contributed by atoms with Crippen LogP contribution in [0.1, 0.15) is 37.9 Å². The van der Waals surface area contributed by atoms with Crippen LogP contribution < -0.4 is 27.4 Å². The van der Waals surface area contributed by atoms with E-state index in [4.69, 9.17) is 11.5 Å². The number of aliphatic carboxylic acids is 1. The average molecular weight is 546 g/mol. The zero-order valence-corrected chi connectivity index (χ0v) is 21.7. The molecule has 1 heterocycles. The van der Waals surface area contributed by atoms with Gasteiger partial charge in [-0.05, 0) is 30.0 Å². The molecule has 14 nitrogen and oxygen atoms in total. The number of nitrogens with one attached hydrogen (secondary N) is 4. The normalized spacial score (nSPS) is 14.1. The zero-order chi connectivity index (χ0) is 29.1. The predicted molar refractivity (Wildman–Crippen MR) is 139 cm³/mol. The number of hydrogen-bond acceptors (Lipinski definition) is 8. The minimum Gasteiger partial charge on any atom is -0.508 e. The maximum Gasteiger partial charge on any atom is 0.326 e. The predicted octanol–water partition coefficient (Wildman–Crippen LogP) is -1.31. The SMILES string of the molecule is CC(C)CC(N)C(=O)NC(CC(N)=O)C(=O)NC(Cc1ccc(O)cc1)C(=O)NC(Cc1cnc[nH]1)C(=O)O. The number of rotatable bonds is 15. The van der Waals surface area contributed by atoms with E-state index in [0.717, 1.165) is 0 Å². The summed E-state index contributed by atoms with van der Waals surface area (Å²) in [5, 5.41) is 26.5. The molecule has 0 saturated carbocycles. The van der Waals surface area contributed by atoms with Crippen molar-refractivity contribution in [2.24, 2.45) is 17.4 Å². The lowest BCUT2D eigenvalue weighted by Crippen LogP contribution is -2.58. The number of H-pyrrole nitrogens is 1. The van der Waals surface area contributed by atoms with Crippen LogP contribution in [0, 0.1) is 5.92 Å². The van der Waals surface area contributed by atoms with Crippen LogP contribution in [0.3, 0.4) is 0 Å². The fourth-order valence-corrected chi connectivity index (χ4v) is 3.74. The van der Waals surface area contributed by atoms with Gasteiger partial charge in [0.15, 0.2) is 0 Å². The molecule has 0 bridgehead atoms. The van der Waals surface area contributed by atoms with Crippen molar-refractivity contribution < 1.29 is 34.2 Å². The van der Waals surface area contributed by atoms with E-state index in [2.05, 4.69) is 25.9 Å². The average Bonchev–Trinajstić information content (AvgIpc) is 3.36. The third-order valence-corrected chi connectivity index (χ3v) is 5.70. The fraction of sp³-hybridized carbons (Fsp3) is 0.440. The lowest BCUT2D eigenvalue weighted by atomic mass is 10.0. The Labute approximate surface area is 224 Å². The number of aromatic amines is 1. The standard InChI is InChI=1S/C25H35N7O7/c1-13(2)7-17(26)22(35)30-19(10-21(27)34)24(37)31-18(8-14-3-5-16(33)6-4-14)23(36)32-20(25(38)39)9-15-11-28-12-29-15/h3-6,11-13,17-20,33H,7-10,26H2,1-2H3,(H2,27,34)(H,28,29)(H,30,35)(H,31,37)(H,32,36)(H,38,39). The third-order valence-electron chi connectivity index (χ3n) is 5.70. The molecule has 1 aromatic carbocycles. The molecular formula is C25H35N7O7. The summed E-state index contributed by atoms with van der Waals surface area (Å²) >= 11 is 0. The van der Waals surface area contributed by atoms with Gasteiger partial charge in [0, 0.05) is 24.7 Å². The molecule has 0 fully saturated rings. The van der Waals surface area contributed by atoms with Crippen LogP contribution in [0.5, 0.6) is 5.75 Å². The molecule has 0 radical (unpaired) electrons. The summed E-state index contributed by atoms with van der Waals surface area (Å²) in [7, 11) is 0. The molecule has 4 amide bonds. The summed E-state index contributed by atoms with van der Waals surface area (Å²) in [6, 6.07) is 0.776. The first kappa shape index (κ1) is 30.8. The van der Waals surface area contributed by atoms with E-state index in [1.165, 1.54) is 36.8 Å². The second-order valence-electron chi connectivity index (χ2n) is 9.58. The number of carbonyl (C=O) groups is 5.